The molecule has 19 heavy (non-hydrogen) atoms. The van der Waals surface area contributed by atoms with Crippen LogP contribution in [0.2, 0.25) is 0 Å². The Bertz CT molecular complexity index is 476. The molecule has 2 heterocycles. The quantitative estimate of drug-likeness (QED) is 0.844. The zero-order valence-electron chi connectivity index (χ0n) is 11.0. The van der Waals surface area contributed by atoms with Crippen molar-refractivity contribution in [1.82, 2.24) is 4.90 Å². The molecule has 2 rings (SSSR count). The predicted octanol–water partition coefficient (Wildman–Crippen LogP) is 2.50. The molecule has 3 nitrogen and oxygen atoms in total. The minimum atomic E-state index is 0.0813. The number of thiophene rings is 1. The summed E-state index contributed by atoms with van der Waals surface area (Å²) < 4.78 is 0. The Morgan fingerprint density at radius 3 is 2.68 bits per heavy atom. The van der Waals surface area contributed by atoms with Crippen LogP contribution in [0.5, 0.6) is 0 Å². The van der Waals surface area contributed by atoms with Gasteiger partial charge in [-0.25, -0.2) is 0 Å². The van der Waals surface area contributed by atoms with Crippen molar-refractivity contribution in [1.29, 1.82) is 0 Å². The molecule has 102 valence electrons. The Balaban J connectivity index is 2.01. The third kappa shape index (κ3) is 4.09. The second kappa shape index (κ2) is 7.32. The number of hydrogen-bond donors (Lipinski definition) is 1. The topological polar surface area (TPSA) is 40.5 Å². The molecule has 0 bridgehead atoms. The summed E-state index contributed by atoms with van der Waals surface area (Å²) in [7, 11) is 0. The smallest absolute Gasteiger partial charge is 0.263 e. The van der Waals surface area contributed by atoms with Crippen LogP contribution in [0.25, 0.3) is 0 Å². The Morgan fingerprint density at radius 2 is 2.00 bits per heavy atom. The van der Waals surface area contributed by atoms with Gasteiger partial charge >= 0.3 is 0 Å². The van der Waals surface area contributed by atoms with E-state index in [-0.39, 0.29) is 12.5 Å². The molecule has 1 aliphatic rings. The molecule has 0 aromatic carbocycles. The van der Waals surface area contributed by atoms with Crippen molar-refractivity contribution in [2.75, 3.05) is 19.7 Å². The first-order valence-electron chi connectivity index (χ1n) is 6.80. The lowest BCUT2D eigenvalue weighted by Crippen LogP contribution is -2.31. The van der Waals surface area contributed by atoms with Crippen molar-refractivity contribution in [2.45, 2.75) is 32.1 Å². The number of aliphatic hydroxyl groups excluding tert-OH is 1. The summed E-state index contributed by atoms with van der Waals surface area (Å²) in [6.45, 7) is 1.84. The number of hydrogen-bond acceptors (Lipinski definition) is 3. The molecule has 0 spiro atoms. The van der Waals surface area contributed by atoms with Crippen LogP contribution in [-0.2, 0) is 0 Å². The van der Waals surface area contributed by atoms with Gasteiger partial charge in [0.15, 0.2) is 0 Å². The third-order valence-electron chi connectivity index (χ3n) is 3.16. The average Bonchev–Trinajstić information content (AvgIpc) is 2.72. The van der Waals surface area contributed by atoms with Crippen molar-refractivity contribution in [3.63, 3.8) is 0 Å². The number of carbonyl (C=O) groups is 1. The van der Waals surface area contributed by atoms with Gasteiger partial charge in [0.1, 0.15) is 0 Å². The van der Waals surface area contributed by atoms with Crippen molar-refractivity contribution in [2.24, 2.45) is 0 Å². The maximum absolute atomic E-state index is 12.3. The number of carbonyl (C=O) groups excluding carboxylic acids is 1. The van der Waals surface area contributed by atoms with Crippen molar-refractivity contribution in [3.8, 4) is 11.8 Å². The SMILES string of the molecule is O=C(c1ccc(C#CCCO)s1)N1CCCCCC1. The van der Waals surface area contributed by atoms with E-state index in [2.05, 4.69) is 11.8 Å². The normalized spacial score (nSPS) is 15.5. The molecule has 0 aliphatic carbocycles. The molecule has 0 radical (unpaired) electrons. The molecule has 1 aliphatic heterocycles. The average molecular weight is 277 g/mol. The Morgan fingerprint density at radius 1 is 1.26 bits per heavy atom. The van der Waals surface area contributed by atoms with E-state index in [0.717, 1.165) is 35.7 Å². The molecular weight excluding hydrogens is 258 g/mol. The van der Waals surface area contributed by atoms with E-state index in [1.807, 2.05) is 17.0 Å². The molecule has 1 saturated heterocycles. The first-order chi connectivity index (χ1) is 9.31. The van der Waals surface area contributed by atoms with Gasteiger partial charge in [-0.15, -0.1) is 11.3 Å². The van der Waals surface area contributed by atoms with Crippen LogP contribution < -0.4 is 0 Å². The zero-order chi connectivity index (χ0) is 13.5. The van der Waals surface area contributed by atoms with E-state index in [4.69, 9.17) is 5.11 Å². The Hall–Kier alpha value is -1.31. The van der Waals surface area contributed by atoms with Gasteiger partial charge in [0.05, 0.1) is 16.4 Å². The minimum absolute atomic E-state index is 0.0813. The van der Waals surface area contributed by atoms with Crippen LogP contribution in [0, 0.1) is 11.8 Å². The van der Waals surface area contributed by atoms with E-state index in [1.165, 1.54) is 24.2 Å². The molecule has 1 fully saturated rings. The summed E-state index contributed by atoms with van der Waals surface area (Å²) in [5, 5.41) is 8.67. The molecule has 0 atom stereocenters. The first-order valence-corrected chi connectivity index (χ1v) is 7.62. The van der Waals surface area contributed by atoms with Gasteiger partial charge in [-0.05, 0) is 25.0 Å². The lowest BCUT2D eigenvalue weighted by atomic mass is 10.2. The third-order valence-corrected chi connectivity index (χ3v) is 4.15. The molecular formula is C15H19NO2S. The van der Waals surface area contributed by atoms with Crippen LogP contribution in [0.4, 0.5) is 0 Å². The second-order valence-electron chi connectivity index (χ2n) is 4.65. The largest absolute Gasteiger partial charge is 0.395 e. The second-order valence-corrected chi connectivity index (χ2v) is 5.73. The molecule has 1 amide bonds. The van der Waals surface area contributed by atoms with Gasteiger partial charge in [0.25, 0.3) is 5.91 Å². The molecule has 0 unspecified atom stereocenters. The highest BCUT2D eigenvalue weighted by molar-refractivity contribution is 7.14. The highest BCUT2D eigenvalue weighted by Gasteiger charge is 2.18. The lowest BCUT2D eigenvalue weighted by molar-refractivity contribution is 0.0766. The van der Waals surface area contributed by atoms with E-state index >= 15 is 0 Å². The Kier molecular flexibility index (Phi) is 5.44. The molecule has 4 heteroatoms. The van der Waals surface area contributed by atoms with Crippen LogP contribution >= 0.6 is 11.3 Å². The standard InChI is InChI=1S/C15H19NO2S/c17-12-6-3-7-13-8-9-14(19-13)15(18)16-10-4-1-2-5-11-16/h8-9,17H,1-2,4-6,10-12H2. The van der Waals surface area contributed by atoms with Crippen LogP contribution in [0.15, 0.2) is 12.1 Å². The number of likely N-dealkylation sites (tertiary alicyclic amines) is 1. The number of rotatable bonds is 2. The van der Waals surface area contributed by atoms with Gasteiger partial charge < -0.3 is 10.0 Å². The first kappa shape index (κ1) is 14.1. The van der Waals surface area contributed by atoms with Crippen LogP contribution in [0.3, 0.4) is 0 Å². The summed E-state index contributed by atoms with van der Waals surface area (Å²) >= 11 is 1.45. The van der Waals surface area contributed by atoms with E-state index in [9.17, 15) is 4.79 Å². The summed E-state index contributed by atoms with van der Waals surface area (Å²) in [5.74, 6) is 5.99. The summed E-state index contributed by atoms with van der Waals surface area (Å²) in [5.41, 5.74) is 0. The fourth-order valence-electron chi connectivity index (χ4n) is 2.16. The minimum Gasteiger partial charge on any atom is -0.395 e. The van der Waals surface area contributed by atoms with Gasteiger partial charge in [0, 0.05) is 19.5 Å². The summed E-state index contributed by atoms with van der Waals surface area (Å²) in [6.07, 6.45) is 5.16. The van der Waals surface area contributed by atoms with Crippen LogP contribution in [-0.4, -0.2) is 35.6 Å². The monoisotopic (exact) mass is 277 g/mol. The van der Waals surface area contributed by atoms with Gasteiger partial charge in [-0.1, -0.05) is 24.7 Å². The highest BCUT2D eigenvalue weighted by Crippen LogP contribution is 2.19. The van der Waals surface area contributed by atoms with Crippen molar-refractivity contribution < 1.29 is 9.90 Å². The summed E-state index contributed by atoms with van der Waals surface area (Å²) in [6, 6.07) is 3.75. The fraction of sp³-hybridized carbons (Fsp3) is 0.533. The zero-order valence-corrected chi connectivity index (χ0v) is 11.8. The number of amides is 1. The van der Waals surface area contributed by atoms with E-state index in [1.54, 1.807) is 0 Å². The van der Waals surface area contributed by atoms with Gasteiger partial charge in [0.2, 0.25) is 0 Å². The van der Waals surface area contributed by atoms with Crippen molar-refractivity contribution in [3.05, 3.63) is 21.9 Å². The van der Waals surface area contributed by atoms with E-state index < -0.39 is 0 Å². The molecule has 1 N–H and O–H groups in total. The van der Waals surface area contributed by atoms with Crippen LogP contribution in [0.1, 0.15) is 46.7 Å². The fourth-order valence-corrected chi connectivity index (χ4v) is 3.00. The summed E-state index contributed by atoms with van der Waals surface area (Å²) in [4.78, 5) is 16.0. The molecule has 1 aromatic heterocycles. The number of aliphatic hydroxyl groups is 1. The maximum Gasteiger partial charge on any atom is 0.263 e. The highest BCUT2D eigenvalue weighted by atomic mass is 32.1. The van der Waals surface area contributed by atoms with Gasteiger partial charge in [-0.2, -0.15) is 0 Å². The van der Waals surface area contributed by atoms with E-state index in [0.29, 0.717) is 6.42 Å². The molecule has 1 aromatic rings. The van der Waals surface area contributed by atoms with Crippen molar-refractivity contribution >= 4 is 17.2 Å². The molecule has 0 saturated carbocycles. The Labute approximate surface area is 118 Å². The predicted molar refractivity (Wildman–Crippen MR) is 77.3 cm³/mol. The number of nitrogens with zero attached hydrogens (tertiary/aromatic N) is 1. The maximum atomic E-state index is 12.3. The lowest BCUT2D eigenvalue weighted by Gasteiger charge is -2.19. The van der Waals surface area contributed by atoms with Gasteiger partial charge in [-0.3, -0.25) is 4.79 Å².